The van der Waals surface area contributed by atoms with Crippen LogP contribution in [0.15, 0.2) is 12.4 Å². The maximum atomic E-state index is 9.82. The SMILES string of the molecule is N[C@@H](CO)[C@@H](O)[C@H](O)c1cnc(C[C@H](O)[C@H](O)CO)cn1. The summed E-state index contributed by atoms with van der Waals surface area (Å²) in [5.74, 6) is 0. The summed E-state index contributed by atoms with van der Waals surface area (Å²) in [5, 5.41) is 55.8. The molecule has 9 heteroatoms. The van der Waals surface area contributed by atoms with Gasteiger partial charge in [0.25, 0.3) is 0 Å². The number of rotatable bonds is 8. The van der Waals surface area contributed by atoms with Gasteiger partial charge in [-0.25, -0.2) is 0 Å². The Morgan fingerprint density at radius 2 is 1.62 bits per heavy atom. The fraction of sp³-hybridized carbons (Fsp3) is 0.667. The second kappa shape index (κ2) is 8.29. The van der Waals surface area contributed by atoms with Gasteiger partial charge >= 0.3 is 0 Å². The van der Waals surface area contributed by atoms with E-state index in [-0.39, 0.29) is 12.1 Å². The van der Waals surface area contributed by atoms with Crippen LogP contribution in [0.3, 0.4) is 0 Å². The van der Waals surface area contributed by atoms with Crippen LogP contribution in [0.25, 0.3) is 0 Å². The van der Waals surface area contributed by atoms with Crippen molar-refractivity contribution in [3.05, 3.63) is 23.8 Å². The first-order chi connectivity index (χ1) is 9.90. The molecular formula is C12H21N3O6. The smallest absolute Gasteiger partial charge is 0.125 e. The van der Waals surface area contributed by atoms with Gasteiger partial charge in [0.15, 0.2) is 0 Å². The Hall–Kier alpha value is -1.20. The van der Waals surface area contributed by atoms with E-state index in [1.165, 1.54) is 12.4 Å². The normalized spacial score (nSPS) is 18.8. The van der Waals surface area contributed by atoms with Gasteiger partial charge in [-0.15, -0.1) is 0 Å². The van der Waals surface area contributed by atoms with E-state index in [1.807, 2.05) is 0 Å². The van der Waals surface area contributed by atoms with Crippen molar-refractivity contribution in [1.82, 2.24) is 9.97 Å². The molecule has 0 aromatic carbocycles. The van der Waals surface area contributed by atoms with Crippen LogP contribution in [-0.4, -0.2) is 78.2 Å². The van der Waals surface area contributed by atoms with Gasteiger partial charge in [-0.2, -0.15) is 0 Å². The molecule has 8 N–H and O–H groups in total. The van der Waals surface area contributed by atoms with Crippen LogP contribution in [0.5, 0.6) is 0 Å². The minimum absolute atomic E-state index is 0.0240. The van der Waals surface area contributed by atoms with Crippen LogP contribution >= 0.6 is 0 Å². The van der Waals surface area contributed by atoms with Gasteiger partial charge in [0.1, 0.15) is 18.3 Å². The quantitative estimate of drug-likeness (QED) is 0.256. The summed E-state index contributed by atoms with van der Waals surface area (Å²) >= 11 is 0. The number of hydrogen-bond acceptors (Lipinski definition) is 9. The molecule has 0 aliphatic carbocycles. The Labute approximate surface area is 121 Å². The second-order valence-electron chi connectivity index (χ2n) is 4.74. The van der Waals surface area contributed by atoms with Crippen LogP contribution in [0, 0.1) is 0 Å². The van der Waals surface area contributed by atoms with E-state index in [0.717, 1.165) is 0 Å². The van der Waals surface area contributed by atoms with Crippen LogP contribution in [0.4, 0.5) is 0 Å². The Bertz CT molecular complexity index is 418. The Morgan fingerprint density at radius 3 is 2.10 bits per heavy atom. The lowest BCUT2D eigenvalue weighted by molar-refractivity contribution is -0.0142. The molecule has 0 saturated carbocycles. The molecule has 0 bridgehead atoms. The summed E-state index contributed by atoms with van der Waals surface area (Å²) in [4.78, 5) is 7.82. The lowest BCUT2D eigenvalue weighted by Crippen LogP contribution is -2.42. The zero-order valence-corrected chi connectivity index (χ0v) is 11.3. The zero-order valence-electron chi connectivity index (χ0n) is 11.3. The maximum absolute atomic E-state index is 9.82. The molecule has 21 heavy (non-hydrogen) atoms. The summed E-state index contributed by atoms with van der Waals surface area (Å²) in [5.41, 5.74) is 5.81. The van der Waals surface area contributed by atoms with Gasteiger partial charge in [0.05, 0.1) is 42.9 Å². The summed E-state index contributed by atoms with van der Waals surface area (Å²) < 4.78 is 0. The summed E-state index contributed by atoms with van der Waals surface area (Å²) in [7, 11) is 0. The maximum Gasteiger partial charge on any atom is 0.125 e. The Kier molecular flexibility index (Phi) is 7.05. The fourth-order valence-corrected chi connectivity index (χ4v) is 1.61. The molecule has 1 aromatic rings. The van der Waals surface area contributed by atoms with Crippen molar-refractivity contribution in [2.45, 2.75) is 36.9 Å². The molecule has 0 fully saturated rings. The first kappa shape index (κ1) is 17.9. The molecule has 5 atom stereocenters. The molecule has 0 aliphatic rings. The van der Waals surface area contributed by atoms with E-state index in [4.69, 9.17) is 15.9 Å². The van der Waals surface area contributed by atoms with Crippen molar-refractivity contribution in [3.63, 3.8) is 0 Å². The monoisotopic (exact) mass is 303 g/mol. The molecule has 1 rings (SSSR count). The molecule has 0 spiro atoms. The van der Waals surface area contributed by atoms with Crippen molar-refractivity contribution in [1.29, 1.82) is 0 Å². The molecule has 120 valence electrons. The first-order valence-electron chi connectivity index (χ1n) is 6.41. The molecule has 9 nitrogen and oxygen atoms in total. The third-order valence-electron chi connectivity index (χ3n) is 3.05. The minimum Gasteiger partial charge on any atom is -0.395 e. The molecule has 0 saturated heterocycles. The Balaban J connectivity index is 2.69. The average molecular weight is 303 g/mol. The molecule has 0 amide bonds. The number of hydrogen-bond donors (Lipinski definition) is 7. The predicted molar refractivity (Wildman–Crippen MR) is 70.9 cm³/mol. The molecular weight excluding hydrogens is 282 g/mol. The second-order valence-corrected chi connectivity index (χ2v) is 4.74. The zero-order chi connectivity index (χ0) is 16.0. The fourth-order valence-electron chi connectivity index (χ4n) is 1.61. The molecule has 0 radical (unpaired) electrons. The highest BCUT2D eigenvalue weighted by atomic mass is 16.4. The van der Waals surface area contributed by atoms with Crippen molar-refractivity contribution < 1.29 is 30.6 Å². The Morgan fingerprint density at radius 1 is 0.952 bits per heavy atom. The highest BCUT2D eigenvalue weighted by Gasteiger charge is 2.26. The van der Waals surface area contributed by atoms with E-state index in [9.17, 15) is 20.4 Å². The van der Waals surface area contributed by atoms with Crippen molar-refractivity contribution in [2.75, 3.05) is 13.2 Å². The summed E-state index contributed by atoms with van der Waals surface area (Å²) in [6.45, 7) is -1.06. The minimum atomic E-state index is -1.40. The van der Waals surface area contributed by atoms with Gasteiger partial charge in [0, 0.05) is 12.6 Å². The van der Waals surface area contributed by atoms with Crippen molar-refractivity contribution in [2.24, 2.45) is 5.73 Å². The van der Waals surface area contributed by atoms with Gasteiger partial charge in [-0.3, -0.25) is 9.97 Å². The third-order valence-corrected chi connectivity index (χ3v) is 3.05. The van der Waals surface area contributed by atoms with E-state index < -0.39 is 43.7 Å². The van der Waals surface area contributed by atoms with Crippen LogP contribution in [0.1, 0.15) is 17.5 Å². The average Bonchev–Trinajstić information content (AvgIpc) is 2.52. The van der Waals surface area contributed by atoms with Gasteiger partial charge in [-0.05, 0) is 0 Å². The number of nitrogens with two attached hydrogens (primary N) is 1. The molecule has 1 heterocycles. The lowest BCUT2D eigenvalue weighted by Gasteiger charge is -2.21. The van der Waals surface area contributed by atoms with Gasteiger partial charge in [-0.1, -0.05) is 0 Å². The summed E-state index contributed by atoms with van der Waals surface area (Å²) in [6, 6.07) is -1.01. The summed E-state index contributed by atoms with van der Waals surface area (Å²) in [6.07, 6.45) is -2.81. The number of aliphatic hydroxyl groups is 6. The molecule has 0 unspecified atom stereocenters. The van der Waals surface area contributed by atoms with E-state index in [0.29, 0.717) is 5.69 Å². The van der Waals surface area contributed by atoms with Crippen LogP contribution in [-0.2, 0) is 6.42 Å². The highest BCUT2D eigenvalue weighted by molar-refractivity contribution is 5.08. The standard InChI is InChI=1S/C12H21N3O6/c13-7(4-16)11(20)12(21)8-3-14-6(2-15-8)1-9(18)10(19)5-17/h2-3,7,9-12,16-21H,1,4-5,13H2/t7-,9-,10+,11+,12+/m0/s1. The van der Waals surface area contributed by atoms with E-state index in [2.05, 4.69) is 9.97 Å². The highest BCUT2D eigenvalue weighted by Crippen LogP contribution is 2.16. The van der Waals surface area contributed by atoms with Crippen molar-refractivity contribution in [3.8, 4) is 0 Å². The van der Waals surface area contributed by atoms with Crippen LogP contribution < -0.4 is 5.73 Å². The van der Waals surface area contributed by atoms with Gasteiger partial charge < -0.3 is 36.4 Å². The van der Waals surface area contributed by atoms with E-state index >= 15 is 0 Å². The number of nitrogens with zero attached hydrogens (tertiary/aromatic N) is 2. The van der Waals surface area contributed by atoms with Crippen molar-refractivity contribution >= 4 is 0 Å². The molecule has 0 aliphatic heterocycles. The van der Waals surface area contributed by atoms with Gasteiger partial charge in [0.2, 0.25) is 0 Å². The number of aromatic nitrogens is 2. The third kappa shape index (κ3) is 4.93. The number of aliphatic hydroxyl groups excluding tert-OH is 6. The molecule has 1 aromatic heterocycles. The van der Waals surface area contributed by atoms with Crippen LogP contribution in [0.2, 0.25) is 0 Å². The topological polar surface area (TPSA) is 173 Å². The van der Waals surface area contributed by atoms with E-state index in [1.54, 1.807) is 0 Å². The lowest BCUT2D eigenvalue weighted by atomic mass is 10.0. The largest absolute Gasteiger partial charge is 0.395 e. The predicted octanol–water partition coefficient (Wildman–Crippen LogP) is -3.55. The first-order valence-corrected chi connectivity index (χ1v) is 6.41.